The predicted molar refractivity (Wildman–Crippen MR) is 84.7 cm³/mol. The summed E-state index contributed by atoms with van der Waals surface area (Å²) < 4.78 is 5.51. The van der Waals surface area contributed by atoms with Gasteiger partial charge in [0.15, 0.2) is 0 Å². The van der Waals surface area contributed by atoms with Crippen LogP contribution in [0.4, 0.5) is 0 Å². The zero-order valence-corrected chi connectivity index (χ0v) is 13.2. The van der Waals surface area contributed by atoms with Crippen molar-refractivity contribution in [2.24, 2.45) is 11.8 Å². The smallest absolute Gasteiger partial charge is 0.146 e. The summed E-state index contributed by atoms with van der Waals surface area (Å²) in [5, 5.41) is 10.6. The van der Waals surface area contributed by atoms with Crippen LogP contribution in [0.25, 0.3) is 5.57 Å². The molecule has 1 fully saturated rings. The van der Waals surface area contributed by atoms with Crippen molar-refractivity contribution < 1.29 is 14.6 Å². The van der Waals surface area contributed by atoms with E-state index in [2.05, 4.69) is 6.07 Å². The third-order valence-corrected chi connectivity index (χ3v) is 5.92. The molecule has 2 bridgehead atoms. The van der Waals surface area contributed by atoms with E-state index in [9.17, 15) is 9.90 Å². The maximum atomic E-state index is 12.7. The fourth-order valence-electron chi connectivity index (χ4n) is 4.68. The van der Waals surface area contributed by atoms with E-state index in [-0.39, 0.29) is 17.6 Å². The van der Waals surface area contributed by atoms with Crippen LogP contribution in [-0.4, -0.2) is 23.6 Å². The summed E-state index contributed by atoms with van der Waals surface area (Å²) in [5.74, 6) is 0.995. The summed E-state index contributed by atoms with van der Waals surface area (Å²) in [6.07, 6.45) is 4.10. The van der Waals surface area contributed by atoms with Gasteiger partial charge in [-0.05, 0) is 56.2 Å². The second kappa shape index (κ2) is 4.69. The molecule has 0 aliphatic heterocycles. The number of benzene rings is 1. The fourth-order valence-corrected chi connectivity index (χ4v) is 4.68. The number of carbonyl (C=O) groups is 1. The van der Waals surface area contributed by atoms with Crippen molar-refractivity contribution in [2.45, 2.75) is 44.6 Å². The number of Topliss-reactive ketones (excluding diaryl/α,β-unsaturated/α-hetero) is 1. The second-order valence-corrected chi connectivity index (χ2v) is 7.10. The standard InChI is InChI=1S/C19H22O3/c1-19(21)9-8-14-12-6-7-13-11(4-3-5-17(13)22-2)15(12)10-16(19)18(14)20/h3-5,14,16,21H,6-10H2,1-2H3. The first kappa shape index (κ1) is 14.0. The molecule has 0 radical (unpaired) electrons. The van der Waals surface area contributed by atoms with Crippen molar-refractivity contribution in [3.05, 3.63) is 34.9 Å². The molecule has 1 N–H and O–H groups in total. The van der Waals surface area contributed by atoms with E-state index in [1.165, 1.54) is 22.3 Å². The van der Waals surface area contributed by atoms with Gasteiger partial charge in [0.25, 0.3) is 0 Å². The minimum absolute atomic E-state index is 0.0355. The largest absolute Gasteiger partial charge is 0.496 e. The lowest BCUT2D eigenvalue weighted by Gasteiger charge is -2.46. The first-order chi connectivity index (χ1) is 10.5. The van der Waals surface area contributed by atoms with Crippen LogP contribution in [0.2, 0.25) is 0 Å². The van der Waals surface area contributed by atoms with Gasteiger partial charge in [0.1, 0.15) is 11.5 Å². The fraction of sp³-hybridized carbons (Fsp3) is 0.526. The highest BCUT2D eigenvalue weighted by Crippen LogP contribution is 2.52. The monoisotopic (exact) mass is 298 g/mol. The van der Waals surface area contributed by atoms with Gasteiger partial charge < -0.3 is 9.84 Å². The average Bonchev–Trinajstić information content (AvgIpc) is 2.50. The molecule has 0 spiro atoms. The Morgan fingerprint density at radius 1 is 1.32 bits per heavy atom. The van der Waals surface area contributed by atoms with Crippen molar-refractivity contribution in [2.75, 3.05) is 7.11 Å². The average molecular weight is 298 g/mol. The quantitative estimate of drug-likeness (QED) is 0.866. The highest BCUT2D eigenvalue weighted by Gasteiger charge is 2.50. The Hall–Kier alpha value is -1.61. The number of carbonyl (C=O) groups excluding carboxylic acids is 1. The lowest BCUT2D eigenvalue weighted by atomic mass is 9.59. The highest BCUT2D eigenvalue weighted by molar-refractivity contribution is 5.95. The van der Waals surface area contributed by atoms with Crippen molar-refractivity contribution >= 4 is 11.4 Å². The molecule has 116 valence electrons. The summed E-state index contributed by atoms with van der Waals surface area (Å²) in [6, 6.07) is 6.18. The van der Waals surface area contributed by atoms with E-state index in [0.717, 1.165) is 31.4 Å². The third kappa shape index (κ3) is 1.81. The van der Waals surface area contributed by atoms with Gasteiger partial charge >= 0.3 is 0 Å². The van der Waals surface area contributed by atoms with Gasteiger partial charge in [-0.15, -0.1) is 0 Å². The van der Waals surface area contributed by atoms with E-state index in [4.69, 9.17) is 4.74 Å². The van der Waals surface area contributed by atoms with Crippen LogP contribution < -0.4 is 4.74 Å². The van der Waals surface area contributed by atoms with Crippen molar-refractivity contribution in [3.8, 4) is 5.75 Å². The molecule has 0 saturated heterocycles. The van der Waals surface area contributed by atoms with Crippen LogP contribution in [0.5, 0.6) is 5.75 Å². The zero-order valence-electron chi connectivity index (χ0n) is 13.2. The lowest BCUT2D eigenvalue weighted by molar-refractivity contribution is -0.141. The molecule has 0 heterocycles. The number of fused-ring (bicyclic) bond motifs is 5. The molecule has 1 aromatic carbocycles. The normalized spacial score (nSPS) is 33.3. The number of rotatable bonds is 1. The predicted octanol–water partition coefficient (Wildman–Crippen LogP) is 3.15. The Kier molecular flexibility index (Phi) is 2.99. The molecule has 0 aromatic heterocycles. The summed E-state index contributed by atoms with van der Waals surface area (Å²) in [7, 11) is 1.71. The molecule has 3 aliphatic carbocycles. The molecule has 22 heavy (non-hydrogen) atoms. The van der Waals surface area contributed by atoms with Gasteiger partial charge in [-0.3, -0.25) is 4.79 Å². The van der Waals surface area contributed by atoms with Gasteiger partial charge in [0.05, 0.1) is 18.6 Å². The molecule has 3 heteroatoms. The number of hydrogen-bond acceptors (Lipinski definition) is 3. The van der Waals surface area contributed by atoms with Gasteiger partial charge in [-0.1, -0.05) is 17.7 Å². The number of methoxy groups -OCH3 is 1. The molecular formula is C19H22O3. The van der Waals surface area contributed by atoms with Crippen molar-refractivity contribution in [1.82, 2.24) is 0 Å². The topological polar surface area (TPSA) is 46.5 Å². The lowest BCUT2D eigenvalue weighted by Crippen LogP contribution is -2.50. The molecule has 3 unspecified atom stereocenters. The first-order valence-corrected chi connectivity index (χ1v) is 8.17. The molecule has 4 rings (SSSR count). The molecule has 0 amide bonds. The van der Waals surface area contributed by atoms with Crippen LogP contribution in [0.15, 0.2) is 23.8 Å². The summed E-state index contributed by atoms with van der Waals surface area (Å²) in [6.45, 7) is 1.83. The highest BCUT2D eigenvalue weighted by atomic mass is 16.5. The Morgan fingerprint density at radius 3 is 2.91 bits per heavy atom. The summed E-state index contributed by atoms with van der Waals surface area (Å²) >= 11 is 0. The molecule has 1 aromatic rings. The molecule has 3 aliphatic rings. The number of hydrogen-bond donors (Lipinski definition) is 1. The molecule has 1 saturated carbocycles. The summed E-state index contributed by atoms with van der Waals surface area (Å²) in [4.78, 5) is 12.7. The van der Waals surface area contributed by atoms with Crippen molar-refractivity contribution in [1.29, 1.82) is 0 Å². The van der Waals surface area contributed by atoms with E-state index in [0.29, 0.717) is 6.42 Å². The van der Waals surface area contributed by atoms with Gasteiger partial charge in [0, 0.05) is 11.5 Å². The van der Waals surface area contributed by atoms with Crippen LogP contribution in [0, 0.1) is 11.8 Å². The maximum Gasteiger partial charge on any atom is 0.146 e. The Labute approximate surface area is 131 Å². The molecular weight excluding hydrogens is 276 g/mol. The Bertz CT molecular complexity index is 684. The second-order valence-electron chi connectivity index (χ2n) is 7.10. The zero-order chi connectivity index (χ0) is 15.5. The number of aliphatic hydroxyl groups is 1. The van der Waals surface area contributed by atoms with E-state index in [1.54, 1.807) is 7.11 Å². The van der Waals surface area contributed by atoms with Gasteiger partial charge in [0.2, 0.25) is 0 Å². The number of allylic oxidation sites excluding steroid dienone is 2. The summed E-state index contributed by atoms with van der Waals surface area (Å²) in [5.41, 5.74) is 4.27. The van der Waals surface area contributed by atoms with Crippen molar-refractivity contribution in [3.63, 3.8) is 0 Å². The van der Waals surface area contributed by atoms with Crippen LogP contribution in [0.3, 0.4) is 0 Å². The van der Waals surface area contributed by atoms with Crippen LogP contribution >= 0.6 is 0 Å². The van der Waals surface area contributed by atoms with Gasteiger partial charge in [-0.2, -0.15) is 0 Å². The maximum absolute atomic E-state index is 12.7. The van der Waals surface area contributed by atoms with E-state index < -0.39 is 5.60 Å². The third-order valence-electron chi connectivity index (χ3n) is 5.92. The van der Waals surface area contributed by atoms with Gasteiger partial charge in [-0.25, -0.2) is 0 Å². The van der Waals surface area contributed by atoms with E-state index in [1.807, 2.05) is 19.1 Å². The van der Waals surface area contributed by atoms with Crippen LogP contribution in [-0.2, 0) is 11.2 Å². The van der Waals surface area contributed by atoms with Crippen LogP contribution in [0.1, 0.15) is 43.7 Å². The molecule has 3 atom stereocenters. The Morgan fingerprint density at radius 2 is 2.14 bits per heavy atom. The molecule has 3 nitrogen and oxygen atoms in total. The Balaban J connectivity index is 1.86. The minimum atomic E-state index is -0.859. The van der Waals surface area contributed by atoms with E-state index >= 15 is 0 Å². The first-order valence-electron chi connectivity index (χ1n) is 8.17. The minimum Gasteiger partial charge on any atom is -0.496 e. The number of ketones is 1. The SMILES string of the molecule is COc1cccc2c1CCC1=C2CC2C(=O)C1CCC2(C)O. The number of ether oxygens (including phenoxy) is 1.